The molecule has 0 aliphatic heterocycles. The van der Waals surface area contributed by atoms with Gasteiger partial charge in [0.1, 0.15) is 29.3 Å². The maximum absolute atomic E-state index is 14.4. The van der Waals surface area contributed by atoms with Gasteiger partial charge in [0.15, 0.2) is 11.9 Å². The second-order valence-corrected chi connectivity index (χ2v) is 12.4. The monoisotopic (exact) mass is 534 g/mol. The Hall–Kier alpha value is -2.75. The summed E-state index contributed by atoms with van der Waals surface area (Å²) in [4.78, 5) is 63.9. The van der Waals surface area contributed by atoms with Crippen LogP contribution in [0.2, 0.25) is 0 Å². The summed E-state index contributed by atoms with van der Waals surface area (Å²) < 4.78 is 23.3. The molecule has 9 atom stereocenters. The Bertz CT molecular complexity index is 1110. The SMILES string of the molecule is C=C1C(=O)C23C(OC(C)=O)CC4C(C)(C)CC[C@@H](OC(C)=O)[C@@]4(C)C2C(OC(C)=O)C[C@]1(O)C3OC(C)=O. The van der Waals surface area contributed by atoms with E-state index in [-0.39, 0.29) is 29.7 Å². The number of Topliss-reactive ketones (excluding diaryl/α,β-unsaturated/α-hetero) is 1. The third-order valence-electron chi connectivity index (χ3n) is 9.77. The molecule has 4 saturated carbocycles. The lowest BCUT2D eigenvalue weighted by molar-refractivity contribution is -0.298. The lowest BCUT2D eigenvalue weighted by Gasteiger charge is -2.68. The van der Waals surface area contributed by atoms with Crippen LogP contribution in [0, 0.1) is 28.1 Å². The van der Waals surface area contributed by atoms with Crippen molar-refractivity contribution in [2.24, 2.45) is 28.1 Å². The predicted molar refractivity (Wildman–Crippen MR) is 131 cm³/mol. The molecule has 4 aliphatic rings. The number of ether oxygens (including phenoxy) is 4. The number of aliphatic hydroxyl groups is 1. The number of carbonyl (C=O) groups is 5. The Kier molecular flexibility index (Phi) is 6.61. The summed E-state index contributed by atoms with van der Waals surface area (Å²) in [5.41, 5.74) is -5.41. The molecule has 38 heavy (non-hydrogen) atoms. The zero-order chi connectivity index (χ0) is 28.6. The standard InChI is InChI=1S/C28H38O10/c1-13-23(33)28-21(37-16(4)31)11-19-25(6,7)10-9-20(36-15(3)30)26(19,8)22(28)18(35-14(2)29)12-27(13,34)24(28)38-17(5)32/h18-22,24,34H,1,9-12H2,2-8H3/t18?,19?,20-,21?,22?,24?,26+,27-,28?/m1/s1. The highest BCUT2D eigenvalue weighted by atomic mass is 16.6. The molecule has 10 heteroatoms. The Morgan fingerprint density at radius 2 is 1.39 bits per heavy atom. The molecule has 4 fully saturated rings. The van der Waals surface area contributed by atoms with Gasteiger partial charge >= 0.3 is 23.9 Å². The van der Waals surface area contributed by atoms with E-state index in [9.17, 15) is 29.1 Å². The van der Waals surface area contributed by atoms with Crippen LogP contribution in [-0.2, 0) is 42.9 Å². The molecule has 4 aliphatic carbocycles. The topological polar surface area (TPSA) is 143 Å². The minimum atomic E-state index is -2.05. The Morgan fingerprint density at radius 1 is 0.868 bits per heavy atom. The number of rotatable bonds is 4. The molecule has 0 heterocycles. The molecule has 0 aromatic carbocycles. The molecule has 6 unspecified atom stereocenters. The van der Waals surface area contributed by atoms with Gasteiger partial charge in [-0.2, -0.15) is 0 Å². The molecule has 1 spiro atoms. The molecule has 0 aromatic heterocycles. The lowest BCUT2D eigenvalue weighted by Crippen LogP contribution is -2.76. The van der Waals surface area contributed by atoms with Gasteiger partial charge in [-0.15, -0.1) is 0 Å². The maximum Gasteiger partial charge on any atom is 0.303 e. The predicted octanol–water partition coefficient (Wildman–Crippen LogP) is 2.44. The van der Waals surface area contributed by atoms with Gasteiger partial charge in [0.25, 0.3) is 0 Å². The number of hydrogen-bond acceptors (Lipinski definition) is 10. The van der Waals surface area contributed by atoms with Gasteiger partial charge in [-0.25, -0.2) is 0 Å². The summed E-state index contributed by atoms with van der Waals surface area (Å²) in [7, 11) is 0. The van der Waals surface area contributed by atoms with Crippen molar-refractivity contribution in [1.82, 2.24) is 0 Å². The van der Waals surface area contributed by atoms with Crippen molar-refractivity contribution in [3.63, 3.8) is 0 Å². The summed E-state index contributed by atoms with van der Waals surface area (Å²) >= 11 is 0. The van der Waals surface area contributed by atoms with Crippen LogP contribution < -0.4 is 0 Å². The summed E-state index contributed by atoms with van der Waals surface area (Å²) in [5.74, 6) is -4.34. The van der Waals surface area contributed by atoms with Crippen molar-refractivity contribution >= 4 is 29.7 Å². The van der Waals surface area contributed by atoms with E-state index in [2.05, 4.69) is 20.4 Å². The maximum atomic E-state index is 14.4. The van der Waals surface area contributed by atoms with E-state index in [1.54, 1.807) is 0 Å². The number of carbonyl (C=O) groups excluding carboxylic acids is 5. The van der Waals surface area contributed by atoms with Crippen LogP contribution in [0.3, 0.4) is 0 Å². The van der Waals surface area contributed by atoms with E-state index in [0.29, 0.717) is 12.8 Å². The van der Waals surface area contributed by atoms with Gasteiger partial charge in [0, 0.05) is 51.0 Å². The Labute approximate surface area is 222 Å². The second kappa shape index (κ2) is 8.89. The fourth-order valence-corrected chi connectivity index (χ4v) is 8.70. The second-order valence-electron chi connectivity index (χ2n) is 12.4. The first-order valence-electron chi connectivity index (χ1n) is 13.1. The van der Waals surface area contributed by atoms with Gasteiger partial charge in [-0.1, -0.05) is 27.4 Å². The van der Waals surface area contributed by atoms with E-state index in [4.69, 9.17) is 18.9 Å². The summed E-state index contributed by atoms with van der Waals surface area (Å²) in [6, 6.07) is 0. The first-order chi connectivity index (χ1) is 17.4. The summed E-state index contributed by atoms with van der Waals surface area (Å²) in [6.45, 7) is 14.9. The molecule has 10 nitrogen and oxygen atoms in total. The highest BCUT2D eigenvalue weighted by molar-refractivity contribution is 6.07. The fourth-order valence-electron chi connectivity index (χ4n) is 8.70. The zero-order valence-corrected chi connectivity index (χ0v) is 23.1. The van der Waals surface area contributed by atoms with Crippen molar-refractivity contribution in [2.75, 3.05) is 0 Å². The molecular weight excluding hydrogens is 496 g/mol. The average molecular weight is 535 g/mol. The van der Waals surface area contributed by atoms with Crippen molar-refractivity contribution in [2.45, 2.75) is 104 Å². The highest BCUT2D eigenvalue weighted by Crippen LogP contribution is 2.73. The van der Waals surface area contributed by atoms with Gasteiger partial charge in [-0.05, 0) is 30.6 Å². The van der Waals surface area contributed by atoms with Crippen LogP contribution in [-0.4, -0.2) is 64.8 Å². The summed E-state index contributed by atoms with van der Waals surface area (Å²) in [6.07, 6.45) is -3.22. The molecule has 210 valence electrons. The van der Waals surface area contributed by atoms with E-state index in [0.717, 1.165) is 0 Å². The number of hydrogen-bond donors (Lipinski definition) is 1. The normalized spacial score (nSPS) is 42.8. The first kappa shape index (κ1) is 28.3. The average Bonchev–Trinajstić information content (AvgIpc) is 2.85. The van der Waals surface area contributed by atoms with E-state index in [1.165, 1.54) is 27.7 Å². The molecule has 0 saturated heterocycles. The molecule has 0 aromatic rings. The van der Waals surface area contributed by atoms with E-state index >= 15 is 0 Å². The van der Waals surface area contributed by atoms with E-state index < -0.39 is 76.4 Å². The number of esters is 4. The highest BCUT2D eigenvalue weighted by Gasteiger charge is 2.84. The van der Waals surface area contributed by atoms with E-state index in [1.807, 2.05) is 6.92 Å². The fraction of sp³-hybridized carbons (Fsp3) is 0.750. The zero-order valence-electron chi connectivity index (χ0n) is 23.1. The van der Waals surface area contributed by atoms with Crippen molar-refractivity contribution < 1.29 is 48.0 Å². The largest absolute Gasteiger partial charge is 0.462 e. The summed E-state index contributed by atoms with van der Waals surface area (Å²) in [5, 5.41) is 11.9. The van der Waals surface area contributed by atoms with Crippen molar-refractivity contribution in [1.29, 1.82) is 0 Å². The first-order valence-corrected chi connectivity index (χ1v) is 13.1. The Morgan fingerprint density at radius 3 is 1.92 bits per heavy atom. The third-order valence-corrected chi connectivity index (χ3v) is 9.77. The van der Waals surface area contributed by atoms with Crippen LogP contribution in [0.15, 0.2) is 12.2 Å². The molecule has 1 N–H and O–H groups in total. The van der Waals surface area contributed by atoms with Gasteiger partial charge < -0.3 is 24.1 Å². The van der Waals surface area contributed by atoms with Crippen LogP contribution >= 0.6 is 0 Å². The minimum absolute atomic E-state index is 0.178. The van der Waals surface area contributed by atoms with Crippen molar-refractivity contribution in [3.05, 3.63) is 12.2 Å². The van der Waals surface area contributed by atoms with Crippen LogP contribution in [0.4, 0.5) is 0 Å². The molecular formula is C28H38O10. The number of ketones is 1. The van der Waals surface area contributed by atoms with Gasteiger partial charge in [0.2, 0.25) is 0 Å². The molecule has 4 rings (SSSR count). The van der Waals surface area contributed by atoms with Gasteiger partial charge in [-0.3, -0.25) is 24.0 Å². The van der Waals surface area contributed by atoms with Crippen LogP contribution in [0.25, 0.3) is 0 Å². The quantitative estimate of drug-likeness (QED) is 0.325. The number of fused-ring (bicyclic) bond motifs is 3. The van der Waals surface area contributed by atoms with Gasteiger partial charge in [0.05, 0.1) is 0 Å². The van der Waals surface area contributed by atoms with Crippen LogP contribution in [0.1, 0.15) is 74.1 Å². The Balaban J connectivity index is 2.09. The molecule has 2 bridgehead atoms. The minimum Gasteiger partial charge on any atom is -0.462 e. The lowest BCUT2D eigenvalue weighted by atomic mass is 9.38. The third kappa shape index (κ3) is 3.73. The molecule has 0 radical (unpaired) electrons. The van der Waals surface area contributed by atoms with Crippen molar-refractivity contribution in [3.8, 4) is 0 Å². The van der Waals surface area contributed by atoms with Crippen LogP contribution in [0.5, 0.6) is 0 Å². The smallest absolute Gasteiger partial charge is 0.303 e. The molecule has 0 amide bonds.